The molecule has 3 saturated heterocycles. The van der Waals surface area contributed by atoms with Gasteiger partial charge >= 0.3 is 12.1 Å². The van der Waals surface area contributed by atoms with Gasteiger partial charge in [0.05, 0.1) is 25.3 Å². The predicted octanol–water partition coefficient (Wildman–Crippen LogP) is 2.43. The van der Waals surface area contributed by atoms with E-state index in [9.17, 15) is 14.4 Å². The zero-order valence-electron chi connectivity index (χ0n) is 19.1. The Morgan fingerprint density at radius 3 is 2.68 bits per heavy atom. The van der Waals surface area contributed by atoms with E-state index in [0.717, 1.165) is 25.7 Å². The van der Waals surface area contributed by atoms with Crippen molar-refractivity contribution in [1.82, 2.24) is 20.3 Å². The molecule has 0 radical (unpaired) electrons. The van der Waals surface area contributed by atoms with E-state index in [2.05, 4.69) is 12.4 Å². The van der Waals surface area contributed by atoms with Crippen LogP contribution in [0, 0.1) is 0 Å². The highest BCUT2D eigenvalue weighted by atomic mass is 16.7. The second kappa shape index (κ2) is 10.0. The summed E-state index contributed by atoms with van der Waals surface area (Å²) in [6.07, 6.45) is 4.43. The predicted molar refractivity (Wildman–Crippen MR) is 112 cm³/mol. The summed E-state index contributed by atoms with van der Waals surface area (Å²) in [5.74, 6) is -0.343. The maximum absolute atomic E-state index is 12.7. The number of hydroxylamine groups is 3. The van der Waals surface area contributed by atoms with Gasteiger partial charge in [-0.05, 0) is 52.9 Å². The minimum atomic E-state index is -0.575. The third-order valence-corrected chi connectivity index (χ3v) is 5.81. The van der Waals surface area contributed by atoms with E-state index >= 15 is 0 Å². The Kier molecular flexibility index (Phi) is 7.64. The van der Waals surface area contributed by atoms with Gasteiger partial charge in [0.15, 0.2) is 0 Å². The lowest BCUT2D eigenvalue weighted by Crippen LogP contribution is -2.50. The van der Waals surface area contributed by atoms with Gasteiger partial charge in [0, 0.05) is 13.1 Å². The van der Waals surface area contributed by atoms with Crippen LogP contribution in [-0.4, -0.2) is 82.9 Å². The van der Waals surface area contributed by atoms with Crippen molar-refractivity contribution in [2.45, 2.75) is 89.9 Å². The normalized spacial score (nSPS) is 25.9. The molecule has 10 heteroatoms. The third-order valence-electron chi connectivity index (χ3n) is 5.81. The van der Waals surface area contributed by atoms with E-state index in [0.29, 0.717) is 32.5 Å². The number of nitrogens with one attached hydrogen (secondary N) is 1. The summed E-state index contributed by atoms with van der Waals surface area (Å²) in [6.45, 7) is 9.33. The topological polar surface area (TPSA) is 101 Å². The molecule has 3 aliphatic heterocycles. The highest BCUT2D eigenvalue weighted by Crippen LogP contribution is 2.30. The fourth-order valence-corrected chi connectivity index (χ4v) is 4.22. The van der Waals surface area contributed by atoms with Crippen molar-refractivity contribution in [1.29, 1.82) is 0 Å². The van der Waals surface area contributed by atoms with Gasteiger partial charge in [-0.2, -0.15) is 5.06 Å². The second-order valence-electron chi connectivity index (χ2n) is 9.44. The number of carbonyl (C=O) groups excluding carboxylic acids is 3. The van der Waals surface area contributed by atoms with Crippen molar-refractivity contribution in [3.05, 3.63) is 0 Å². The number of urea groups is 1. The molecule has 0 aliphatic carbocycles. The van der Waals surface area contributed by atoms with E-state index < -0.39 is 11.6 Å². The summed E-state index contributed by atoms with van der Waals surface area (Å²) in [5.41, 5.74) is 1.93. The number of hydrogen-bond donors (Lipinski definition) is 1. The molecular formula is C21H36N4O6. The lowest BCUT2D eigenvalue weighted by molar-refractivity contribution is -0.140. The van der Waals surface area contributed by atoms with Crippen molar-refractivity contribution in [3.8, 4) is 0 Å². The maximum Gasteiger partial charge on any atom is 0.410 e. The van der Waals surface area contributed by atoms with Gasteiger partial charge in [0.1, 0.15) is 11.6 Å². The van der Waals surface area contributed by atoms with Crippen LogP contribution in [0.1, 0.15) is 66.2 Å². The van der Waals surface area contributed by atoms with Crippen LogP contribution in [0.3, 0.4) is 0 Å². The van der Waals surface area contributed by atoms with Gasteiger partial charge in [0.25, 0.3) is 5.91 Å². The van der Waals surface area contributed by atoms with Crippen molar-refractivity contribution in [3.63, 3.8) is 0 Å². The molecule has 0 saturated carbocycles. The molecule has 10 nitrogen and oxygen atoms in total. The number of likely N-dealkylation sites (tertiary alicyclic amines) is 1. The van der Waals surface area contributed by atoms with Crippen LogP contribution >= 0.6 is 0 Å². The van der Waals surface area contributed by atoms with Gasteiger partial charge in [-0.3, -0.25) is 14.5 Å². The third kappa shape index (κ3) is 5.79. The number of carbonyl (C=O) groups is 3. The summed E-state index contributed by atoms with van der Waals surface area (Å²) < 4.78 is 5.45. The summed E-state index contributed by atoms with van der Waals surface area (Å²) >= 11 is 0. The van der Waals surface area contributed by atoms with E-state index in [1.54, 1.807) is 9.80 Å². The van der Waals surface area contributed by atoms with Gasteiger partial charge in [-0.25, -0.2) is 15.1 Å². The number of rotatable bonds is 8. The van der Waals surface area contributed by atoms with Crippen LogP contribution in [0.25, 0.3) is 0 Å². The van der Waals surface area contributed by atoms with Crippen LogP contribution in [0.5, 0.6) is 0 Å². The Bertz CT molecular complexity index is 667. The molecule has 1 N–H and O–H groups in total. The molecule has 3 fully saturated rings. The summed E-state index contributed by atoms with van der Waals surface area (Å²) in [6, 6.07) is -0.989. The lowest BCUT2D eigenvalue weighted by Gasteiger charge is -2.30. The van der Waals surface area contributed by atoms with Gasteiger partial charge in [-0.1, -0.05) is 13.3 Å². The molecule has 31 heavy (non-hydrogen) atoms. The number of nitrogens with zero attached hydrogens (tertiary/aromatic N) is 3. The van der Waals surface area contributed by atoms with E-state index in [-0.39, 0.29) is 36.7 Å². The molecule has 0 aromatic heterocycles. The molecule has 3 heterocycles. The first-order valence-electron chi connectivity index (χ1n) is 11.3. The van der Waals surface area contributed by atoms with Gasteiger partial charge < -0.3 is 14.5 Å². The average molecular weight is 441 g/mol. The smallest absolute Gasteiger partial charge is 0.410 e. The largest absolute Gasteiger partial charge is 0.444 e. The number of hydrogen-bond acceptors (Lipinski definition) is 6. The highest BCUT2D eigenvalue weighted by Gasteiger charge is 2.48. The van der Waals surface area contributed by atoms with Crippen molar-refractivity contribution < 1.29 is 28.8 Å². The molecule has 176 valence electrons. The van der Waals surface area contributed by atoms with E-state index in [4.69, 9.17) is 14.4 Å². The second-order valence-corrected chi connectivity index (χ2v) is 9.44. The molecule has 4 amide bonds. The molecule has 1 unspecified atom stereocenters. The first kappa shape index (κ1) is 23.6. The number of amides is 4. The number of unbranched alkanes of at least 4 members (excludes halogenated alkanes) is 1. The fraction of sp³-hybridized carbons (Fsp3) is 0.857. The molecule has 2 bridgehead atoms. The van der Waals surface area contributed by atoms with Crippen LogP contribution in [0.2, 0.25) is 0 Å². The molecule has 0 aromatic rings. The van der Waals surface area contributed by atoms with E-state index in [1.807, 2.05) is 20.8 Å². The molecule has 0 aromatic carbocycles. The summed E-state index contributed by atoms with van der Waals surface area (Å²) in [5, 5.41) is 1.43. The Balaban J connectivity index is 1.46. The first-order chi connectivity index (χ1) is 14.7. The van der Waals surface area contributed by atoms with Crippen molar-refractivity contribution in [2.75, 3.05) is 26.3 Å². The van der Waals surface area contributed by atoms with E-state index in [1.165, 1.54) is 5.06 Å². The molecule has 0 spiro atoms. The summed E-state index contributed by atoms with van der Waals surface area (Å²) in [4.78, 5) is 52.0. The SMILES string of the molecule is CCCCON1C(=O)N2CC1CC[C@H]2C(=O)NOC[C@@H]1CCCN1C(=O)OC(C)(C)C. The zero-order valence-corrected chi connectivity index (χ0v) is 19.1. The highest BCUT2D eigenvalue weighted by molar-refractivity contribution is 5.88. The fourth-order valence-electron chi connectivity index (χ4n) is 4.22. The minimum absolute atomic E-state index is 0.00444. The van der Waals surface area contributed by atoms with Crippen molar-refractivity contribution >= 4 is 18.0 Å². The Labute approximate surface area is 184 Å². The average Bonchev–Trinajstić information content (AvgIpc) is 3.26. The summed E-state index contributed by atoms with van der Waals surface area (Å²) in [7, 11) is 0. The number of fused-ring (bicyclic) bond motifs is 2. The van der Waals surface area contributed by atoms with Crippen LogP contribution in [-0.2, 0) is 19.2 Å². The Morgan fingerprint density at radius 1 is 1.19 bits per heavy atom. The lowest BCUT2D eigenvalue weighted by atomic mass is 10.0. The molecular weight excluding hydrogens is 404 g/mol. The Morgan fingerprint density at radius 2 is 1.97 bits per heavy atom. The van der Waals surface area contributed by atoms with Gasteiger partial charge in [0.2, 0.25) is 0 Å². The van der Waals surface area contributed by atoms with Crippen molar-refractivity contribution in [2.24, 2.45) is 0 Å². The monoisotopic (exact) mass is 440 g/mol. The van der Waals surface area contributed by atoms with Crippen LogP contribution < -0.4 is 5.48 Å². The standard InChI is InChI=1S/C21H36N4O6/c1-5-6-12-30-25-15-9-10-17(24(13-15)19(25)27)18(26)22-29-14-16-8-7-11-23(16)20(28)31-21(2,3)4/h15-17H,5-14H2,1-4H3,(H,22,26)/t15?,16-,17-/m0/s1. The Hall–Kier alpha value is -2.07. The minimum Gasteiger partial charge on any atom is -0.444 e. The van der Waals surface area contributed by atoms with Gasteiger partial charge in [-0.15, -0.1) is 0 Å². The quantitative estimate of drug-likeness (QED) is 0.460. The first-order valence-corrected chi connectivity index (χ1v) is 11.3. The molecule has 3 aliphatic rings. The molecule has 3 rings (SSSR count). The van der Waals surface area contributed by atoms with Crippen LogP contribution in [0.4, 0.5) is 9.59 Å². The molecule has 3 atom stereocenters. The maximum atomic E-state index is 12.7. The number of piperidine rings is 1. The zero-order chi connectivity index (χ0) is 22.6. The van der Waals surface area contributed by atoms with Crippen LogP contribution in [0.15, 0.2) is 0 Å². The number of ether oxygens (including phenoxy) is 1.